The summed E-state index contributed by atoms with van der Waals surface area (Å²) in [5.74, 6) is -0.527. The van der Waals surface area contributed by atoms with Crippen molar-refractivity contribution in [1.29, 1.82) is 5.26 Å². The maximum atomic E-state index is 13.2. The van der Waals surface area contributed by atoms with Crippen LogP contribution in [0.3, 0.4) is 0 Å². The molecule has 0 radical (unpaired) electrons. The highest BCUT2D eigenvalue weighted by Gasteiger charge is 2.03. The molecule has 2 rings (SSSR count). The lowest BCUT2D eigenvalue weighted by Crippen LogP contribution is -1.95. The Kier molecular flexibility index (Phi) is 1.99. The van der Waals surface area contributed by atoms with Crippen LogP contribution in [0, 0.1) is 17.1 Å². The van der Waals surface area contributed by atoms with Crippen LogP contribution in [-0.4, -0.2) is 9.78 Å². The van der Waals surface area contributed by atoms with Gasteiger partial charge in [-0.1, -0.05) is 0 Å². The molecule has 0 aliphatic carbocycles. The fraction of sp³-hybridized carbons (Fsp3) is 0. The number of aromatic nitrogens is 2. The molecule has 1 heterocycles. The van der Waals surface area contributed by atoms with Gasteiger partial charge in [-0.05, 0) is 18.2 Å². The monoisotopic (exact) mass is 187 g/mol. The molecule has 1 aromatic heterocycles. The summed E-state index contributed by atoms with van der Waals surface area (Å²) in [6.45, 7) is 0. The molecule has 0 bridgehead atoms. The van der Waals surface area contributed by atoms with E-state index in [-0.39, 0.29) is 5.56 Å². The minimum atomic E-state index is -0.527. The summed E-state index contributed by atoms with van der Waals surface area (Å²) in [4.78, 5) is 0. The van der Waals surface area contributed by atoms with Gasteiger partial charge in [0.15, 0.2) is 0 Å². The lowest BCUT2D eigenvalue weighted by atomic mass is 10.2. The summed E-state index contributed by atoms with van der Waals surface area (Å²) in [6.07, 6.45) is 3.32. The van der Waals surface area contributed by atoms with E-state index in [1.54, 1.807) is 30.6 Å². The van der Waals surface area contributed by atoms with E-state index in [9.17, 15) is 4.39 Å². The molecule has 0 saturated carbocycles. The van der Waals surface area contributed by atoms with Gasteiger partial charge < -0.3 is 0 Å². The third-order valence-electron chi connectivity index (χ3n) is 1.84. The first-order valence-corrected chi connectivity index (χ1v) is 4.01. The smallest absolute Gasteiger partial charge is 0.143 e. The average Bonchev–Trinajstić information content (AvgIpc) is 2.70. The van der Waals surface area contributed by atoms with Crippen LogP contribution in [0.2, 0.25) is 0 Å². The topological polar surface area (TPSA) is 41.6 Å². The molecule has 0 atom stereocenters. The zero-order valence-corrected chi connectivity index (χ0v) is 7.18. The summed E-state index contributed by atoms with van der Waals surface area (Å²) in [5, 5.41) is 12.5. The van der Waals surface area contributed by atoms with E-state index in [4.69, 9.17) is 5.26 Å². The van der Waals surface area contributed by atoms with E-state index in [1.165, 1.54) is 16.8 Å². The summed E-state index contributed by atoms with van der Waals surface area (Å²) >= 11 is 0. The van der Waals surface area contributed by atoms with Crippen LogP contribution in [0.4, 0.5) is 4.39 Å². The van der Waals surface area contributed by atoms with Crippen molar-refractivity contribution >= 4 is 0 Å². The highest BCUT2D eigenvalue weighted by molar-refractivity contribution is 5.39. The van der Waals surface area contributed by atoms with Crippen LogP contribution < -0.4 is 0 Å². The van der Waals surface area contributed by atoms with Crippen LogP contribution in [0.1, 0.15) is 5.56 Å². The normalized spacial score (nSPS) is 9.71. The van der Waals surface area contributed by atoms with Gasteiger partial charge in [0.1, 0.15) is 11.9 Å². The van der Waals surface area contributed by atoms with E-state index < -0.39 is 5.82 Å². The van der Waals surface area contributed by atoms with E-state index in [0.717, 1.165) is 0 Å². The van der Waals surface area contributed by atoms with Crippen molar-refractivity contribution in [1.82, 2.24) is 9.78 Å². The molecule has 0 spiro atoms. The Morgan fingerprint density at radius 1 is 1.43 bits per heavy atom. The van der Waals surface area contributed by atoms with Crippen molar-refractivity contribution in [3.8, 4) is 11.8 Å². The predicted octanol–water partition coefficient (Wildman–Crippen LogP) is 1.88. The number of benzene rings is 1. The van der Waals surface area contributed by atoms with E-state index >= 15 is 0 Å². The first-order chi connectivity index (χ1) is 6.81. The fourth-order valence-corrected chi connectivity index (χ4v) is 1.16. The van der Waals surface area contributed by atoms with Crippen LogP contribution in [0.15, 0.2) is 36.7 Å². The van der Waals surface area contributed by atoms with Gasteiger partial charge in [-0.3, -0.25) is 0 Å². The molecule has 0 amide bonds. The van der Waals surface area contributed by atoms with E-state index in [0.29, 0.717) is 5.69 Å². The Morgan fingerprint density at radius 2 is 2.29 bits per heavy atom. The van der Waals surface area contributed by atoms with Crippen molar-refractivity contribution in [2.75, 3.05) is 0 Å². The molecule has 3 nitrogen and oxygen atoms in total. The third kappa shape index (κ3) is 1.36. The lowest BCUT2D eigenvalue weighted by Gasteiger charge is -2.01. The molecule has 68 valence electrons. The molecule has 0 aliphatic rings. The maximum Gasteiger partial charge on any atom is 0.143 e. The number of nitrogens with zero attached hydrogens (tertiary/aromatic N) is 3. The molecule has 2 aromatic rings. The Hall–Kier alpha value is -2.15. The Balaban J connectivity index is 2.49. The molecular formula is C10H6FN3. The molecule has 1 aromatic carbocycles. The van der Waals surface area contributed by atoms with E-state index in [2.05, 4.69) is 5.10 Å². The van der Waals surface area contributed by atoms with Crippen LogP contribution in [0.25, 0.3) is 5.69 Å². The van der Waals surface area contributed by atoms with Crippen LogP contribution in [-0.2, 0) is 0 Å². The maximum absolute atomic E-state index is 13.2. The van der Waals surface area contributed by atoms with Gasteiger partial charge in [-0.25, -0.2) is 9.07 Å². The highest BCUT2D eigenvalue weighted by atomic mass is 19.1. The second-order valence-electron chi connectivity index (χ2n) is 2.73. The van der Waals surface area contributed by atoms with Gasteiger partial charge >= 0.3 is 0 Å². The predicted molar refractivity (Wildman–Crippen MR) is 48.2 cm³/mol. The Bertz CT molecular complexity index is 483. The van der Waals surface area contributed by atoms with E-state index in [1.807, 2.05) is 0 Å². The second kappa shape index (κ2) is 3.30. The zero-order valence-electron chi connectivity index (χ0n) is 7.18. The summed E-state index contributed by atoms with van der Waals surface area (Å²) in [6, 6.07) is 7.88. The SMILES string of the molecule is N#Cc1ccc(-n2cccn2)cc1F. The molecule has 14 heavy (non-hydrogen) atoms. The van der Waals surface area contributed by atoms with Gasteiger partial charge in [-0.15, -0.1) is 0 Å². The lowest BCUT2D eigenvalue weighted by molar-refractivity contribution is 0.621. The largest absolute Gasteiger partial charge is 0.241 e. The molecule has 0 fully saturated rings. The molecular weight excluding hydrogens is 181 g/mol. The van der Waals surface area contributed by atoms with Gasteiger partial charge in [0.05, 0.1) is 11.3 Å². The Morgan fingerprint density at radius 3 is 2.86 bits per heavy atom. The number of hydrogen-bond acceptors (Lipinski definition) is 2. The van der Waals surface area contributed by atoms with Crippen LogP contribution >= 0.6 is 0 Å². The van der Waals surface area contributed by atoms with Gasteiger partial charge in [0, 0.05) is 18.5 Å². The van der Waals surface area contributed by atoms with Gasteiger partial charge in [0.25, 0.3) is 0 Å². The third-order valence-corrected chi connectivity index (χ3v) is 1.84. The van der Waals surface area contributed by atoms with Crippen molar-refractivity contribution in [3.63, 3.8) is 0 Å². The molecule has 0 saturated heterocycles. The molecule has 0 unspecified atom stereocenters. The van der Waals surface area contributed by atoms with Crippen molar-refractivity contribution in [2.24, 2.45) is 0 Å². The molecule has 4 heteroatoms. The minimum Gasteiger partial charge on any atom is -0.241 e. The van der Waals surface area contributed by atoms with Crippen molar-refractivity contribution in [2.45, 2.75) is 0 Å². The Labute approximate surface area is 80.0 Å². The number of rotatable bonds is 1. The summed E-state index contributed by atoms with van der Waals surface area (Å²) in [5.41, 5.74) is 0.646. The zero-order chi connectivity index (χ0) is 9.97. The molecule has 0 N–H and O–H groups in total. The first-order valence-electron chi connectivity index (χ1n) is 4.01. The summed E-state index contributed by atoms with van der Waals surface area (Å²) < 4.78 is 14.7. The quantitative estimate of drug-likeness (QED) is 0.684. The van der Waals surface area contributed by atoms with Gasteiger partial charge in [-0.2, -0.15) is 10.4 Å². The number of halogens is 1. The minimum absolute atomic E-state index is 0.0425. The van der Waals surface area contributed by atoms with Crippen molar-refractivity contribution < 1.29 is 4.39 Å². The number of nitriles is 1. The van der Waals surface area contributed by atoms with Crippen LogP contribution in [0.5, 0.6) is 0 Å². The van der Waals surface area contributed by atoms with Crippen molar-refractivity contribution in [3.05, 3.63) is 48.0 Å². The highest BCUT2D eigenvalue weighted by Crippen LogP contribution is 2.12. The standard InChI is InChI=1S/C10H6FN3/c11-10-6-9(3-2-8(10)7-12)14-5-1-4-13-14/h1-6H. The fourth-order valence-electron chi connectivity index (χ4n) is 1.16. The summed E-state index contributed by atoms with van der Waals surface area (Å²) in [7, 11) is 0. The van der Waals surface area contributed by atoms with Gasteiger partial charge in [0.2, 0.25) is 0 Å². The molecule has 0 aliphatic heterocycles. The second-order valence-corrected chi connectivity index (χ2v) is 2.73. The first kappa shape index (κ1) is 8.45. The number of hydrogen-bond donors (Lipinski definition) is 0. The average molecular weight is 187 g/mol.